The number of imidazole rings is 1. The lowest BCUT2D eigenvalue weighted by atomic mass is 10.0. The minimum Gasteiger partial charge on any atom is -0.481 e. The topological polar surface area (TPSA) is 69.2 Å². The molecule has 1 aliphatic heterocycles. The van der Waals surface area contributed by atoms with Gasteiger partial charge in [0.1, 0.15) is 0 Å². The number of fused-ring (bicyclic) bond motifs is 1. The monoisotopic (exact) mass is 217 g/mol. The molecule has 3 rings (SSSR count). The Hall–Kier alpha value is -2.04. The Bertz CT molecular complexity index is 510. The molecule has 2 heterocycles. The van der Waals surface area contributed by atoms with Crippen molar-refractivity contribution in [3.8, 4) is 0 Å². The molecule has 2 N–H and O–H groups in total. The van der Waals surface area contributed by atoms with E-state index in [1.165, 1.54) is 0 Å². The van der Waals surface area contributed by atoms with Gasteiger partial charge >= 0.3 is 5.97 Å². The van der Waals surface area contributed by atoms with Crippen molar-refractivity contribution in [1.29, 1.82) is 0 Å². The van der Waals surface area contributed by atoms with Gasteiger partial charge in [-0.15, -0.1) is 0 Å². The summed E-state index contributed by atoms with van der Waals surface area (Å²) >= 11 is 0. The molecular weight excluding hydrogens is 206 g/mol. The molecule has 2 aromatic rings. The Labute approximate surface area is 91.7 Å². The quantitative estimate of drug-likeness (QED) is 0.789. The van der Waals surface area contributed by atoms with E-state index in [0.717, 1.165) is 17.0 Å². The van der Waals surface area contributed by atoms with Gasteiger partial charge in [-0.25, -0.2) is 4.98 Å². The van der Waals surface area contributed by atoms with Crippen LogP contribution in [0.5, 0.6) is 0 Å². The molecule has 0 bridgehead atoms. The second-order valence-electron chi connectivity index (χ2n) is 4.02. The first-order valence-electron chi connectivity index (χ1n) is 5.16. The lowest BCUT2D eigenvalue weighted by Crippen LogP contribution is -2.50. The van der Waals surface area contributed by atoms with Crippen LogP contribution < -0.4 is 4.90 Å². The number of carboxylic acid groups (broad SMARTS) is 1. The van der Waals surface area contributed by atoms with E-state index >= 15 is 0 Å². The molecule has 1 fully saturated rings. The van der Waals surface area contributed by atoms with Crippen molar-refractivity contribution in [3.05, 3.63) is 24.3 Å². The number of aromatic nitrogens is 2. The largest absolute Gasteiger partial charge is 0.481 e. The van der Waals surface area contributed by atoms with Crippen LogP contribution >= 0.6 is 0 Å². The van der Waals surface area contributed by atoms with Crippen LogP contribution in [-0.2, 0) is 4.79 Å². The van der Waals surface area contributed by atoms with Crippen LogP contribution in [-0.4, -0.2) is 34.1 Å². The molecule has 1 aromatic carbocycles. The highest BCUT2D eigenvalue weighted by atomic mass is 16.4. The van der Waals surface area contributed by atoms with E-state index in [2.05, 4.69) is 9.97 Å². The molecule has 0 unspecified atom stereocenters. The number of H-pyrrole nitrogens is 1. The number of benzene rings is 1. The molecule has 5 heteroatoms. The summed E-state index contributed by atoms with van der Waals surface area (Å²) in [6.07, 6.45) is 0. The van der Waals surface area contributed by atoms with Gasteiger partial charge in [-0.05, 0) is 12.1 Å². The van der Waals surface area contributed by atoms with Gasteiger partial charge in [-0.3, -0.25) is 4.79 Å². The highest BCUT2D eigenvalue weighted by Gasteiger charge is 2.34. The van der Waals surface area contributed by atoms with E-state index in [-0.39, 0.29) is 5.92 Å². The first kappa shape index (κ1) is 9.21. The predicted molar refractivity (Wildman–Crippen MR) is 59.4 cm³/mol. The fourth-order valence-electron chi connectivity index (χ4n) is 1.90. The standard InChI is InChI=1S/C11H11N3O2/c15-10(16)7-5-14(6-7)11-12-8-3-1-2-4-9(8)13-11/h1-4,7H,5-6H2,(H,12,13)(H,15,16). The minimum atomic E-state index is -0.729. The van der Waals surface area contributed by atoms with Crippen LogP contribution in [0.15, 0.2) is 24.3 Å². The minimum absolute atomic E-state index is 0.256. The highest BCUT2D eigenvalue weighted by molar-refractivity contribution is 5.79. The number of carbonyl (C=O) groups is 1. The van der Waals surface area contributed by atoms with Gasteiger partial charge in [0.15, 0.2) is 0 Å². The number of anilines is 1. The Morgan fingerprint density at radius 2 is 2.19 bits per heavy atom. The molecule has 82 valence electrons. The van der Waals surface area contributed by atoms with Gasteiger partial charge in [0.25, 0.3) is 0 Å². The van der Waals surface area contributed by atoms with Crippen molar-refractivity contribution in [1.82, 2.24) is 9.97 Å². The average Bonchev–Trinajstić information content (AvgIpc) is 2.57. The van der Waals surface area contributed by atoms with E-state index in [4.69, 9.17) is 5.11 Å². The number of aromatic amines is 1. The van der Waals surface area contributed by atoms with Crippen LogP contribution in [0, 0.1) is 5.92 Å². The molecule has 0 spiro atoms. The van der Waals surface area contributed by atoms with Gasteiger partial charge in [-0.1, -0.05) is 12.1 Å². The molecule has 1 aromatic heterocycles. The summed E-state index contributed by atoms with van der Waals surface area (Å²) in [6.45, 7) is 1.07. The van der Waals surface area contributed by atoms with Crippen molar-refractivity contribution >= 4 is 23.0 Å². The van der Waals surface area contributed by atoms with E-state index in [9.17, 15) is 4.79 Å². The predicted octanol–water partition coefficient (Wildman–Crippen LogP) is 1.08. The van der Waals surface area contributed by atoms with E-state index < -0.39 is 5.97 Å². The van der Waals surface area contributed by atoms with Crippen LogP contribution in [0.4, 0.5) is 5.95 Å². The van der Waals surface area contributed by atoms with E-state index in [0.29, 0.717) is 13.1 Å². The summed E-state index contributed by atoms with van der Waals surface area (Å²) < 4.78 is 0. The maximum Gasteiger partial charge on any atom is 0.310 e. The lowest BCUT2D eigenvalue weighted by Gasteiger charge is -2.36. The zero-order valence-corrected chi connectivity index (χ0v) is 8.55. The van der Waals surface area contributed by atoms with Crippen LogP contribution in [0.2, 0.25) is 0 Å². The number of carboxylic acids is 1. The van der Waals surface area contributed by atoms with Crippen molar-refractivity contribution in [2.24, 2.45) is 5.92 Å². The first-order chi connectivity index (χ1) is 7.74. The van der Waals surface area contributed by atoms with Crippen LogP contribution in [0.3, 0.4) is 0 Å². The number of nitrogens with zero attached hydrogens (tertiary/aromatic N) is 2. The number of hydrogen-bond acceptors (Lipinski definition) is 3. The van der Waals surface area contributed by atoms with E-state index in [1.807, 2.05) is 29.2 Å². The summed E-state index contributed by atoms with van der Waals surface area (Å²) in [7, 11) is 0. The van der Waals surface area contributed by atoms with E-state index in [1.54, 1.807) is 0 Å². The summed E-state index contributed by atoms with van der Waals surface area (Å²) in [5, 5.41) is 8.78. The van der Waals surface area contributed by atoms with Gasteiger partial charge in [0, 0.05) is 13.1 Å². The first-order valence-corrected chi connectivity index (χ1v) is 5.16. The Morgan fingerprint density at radius 1 is 1.44 bits per heavy atom. The SMILES string of the molecule is O=C(O)C1CN(c2nc3ccccc3[nH]2)C1. The van der Waals surface area contributed by atoms with Crippen molar-refractivity contribution < 1.29 is 9.90 Å². The molecule has 0 saturated carbocycles. The summed E-state index contributed by atoms with van der Waals surface area (Å²) in [5.74, 6) is -0.223. The molecule has 0 radical (unpaired) electrons. The van der Waals surface area contributed by atoms with Gasteiger partial charge < -0.3 is 15.0 Å². The molecule has 0 aliphatic carbocycles. The van der Waals surface area contributed by atoms with Crippen molar-refractivity contribution in [3.63, 3.8) is 0 Å². The van der Waals surface area contributed by atoms with Crippen LogP contribution in [0.25, 0.3) is 11.0 Å². The summed E-state index contributed by atoms with van der Waals surface area (Å²) in [4.78, 5) is 20.2. The number of rotatable bonds is 2. The summed E-state index contributed by atoms with van der Waals surface area (Å²) in [5.41, 5.74) is 1.90. The fourth-order valence-corrected chi connectivity index (χ4v) is 1.90. The highest BCUT2D eigenvalue weighted by Crippen LogP contribution is 2.24. The zero-order chi connectivity index (χ0) is 11.1. The Balaban J connectivity index is 1.83. The maximum absolute atomic E-state index is 10.7. The van der Waals surface area contributed by atoms with Gasteiger partial charge in [0.2, 0.25) is 5.95 Å². The average molecular weight is 217 g/mol. The third-order valence-electron chi connectivity index (χ3n) is 2.91. The fraction of sp³-hybridized carbons (Fsp3) is 0.273. The smallest absolute Gasteiger partial charge is 0.310 e. The molecule has 1 saturated heterocycles. The van der Waals surface area contributed by atoms with Gasteiger partial charge in [0.05, 0.1) is 17.0 Å². The Morgan fingerprint density at radius 3 is 2.88 bits per heavy atom. The Kier molecular flexibility index (Phi) is 1.86. The van der Waals surface area contributed by atoms with Crippen molar-refractivity contribution in [2.75, 3.05) is 18.0 Å². The number of para-hydroxylation sites is 2. The van der Waals surface area contributed by atoms with Gasteiger partial charge in [-0.2, -0.15) is 0 Å². The third-order valence-corrected chi connectivity index (χ3v) is 2.91. The molecule has 0 amide bonds. The number of aliphatic carboxylic acids is 1. The molecular formula is C11H11N3O2. The second kappa shape index (κ2) is 3.23. The second-order valence-corrected chi connectivity index (χ2v) is 4.02. The third kappa shape index (κ3) is 1.32. The normalized spacial score (nSPS) is 16.4. The maximum atomic E-state index is 10.7. The molecule has 1 aliphatic rings. The molecule has 5 nitrogen and oxygen atoms in total. The summed E-state index contributed by atoms with van der Waals surface area (Å²) in [6, 6.07) is 7.77. The lowest BCUT2D eigenvalue weighted by molar-refractivity contribution is -0.142. The van der Waals surface area contributed by atoms with Crippen LogP contribution in [0.1, 0.15) is 0 Å². The molecule has 0 atom stereocenters. The number of hydrogen-bond donors (Lipinski definition) is 2. The number of nitrogens with one attached hydrogen (secondary N) is 1. The molecule has 16 heavy (non-hydrogen) atoms. The zero-order valence-electron chi connectivity index (χ0n) is 8.55. The van der Waals surface area contributed by atoms with Crippen molar-refractivity contribution in [2.45, 2.75) is 0 Å².